The minimum atomic E-state index is 0.153. The van der Waals surface area contributed by atoms with Crippen LogP contribution in [0.1, 0.15) is 25.0 Å². The van der Waals surface area contributed by atoms with Gasteiger partial charge in [0.25, 0.3) is 0 Å². The molecular formula is C11H20N4O. The average Bonchev–Trinajstić information content (AvgIpc) is 2.38. The van der Waals surface area contributed by atoms with Crippen LogP contribution in [0.3, 0.4) is 0 Å². The van der Waals surface area contributed by atoms with Crippen LogP contribution in [0.2, 0.25) is 0 Å². The zero-order chi connectivity index (χ0) is 11.7. The molecule has 0 saturated heterocycles. The predicted molar refractivity (Wildman–Crippen MR) is 64.4 cm³/mol. The van der Waals surface area contributed by atoms with E-state index in [0.29, 0.717) is 12.6 Å². The number of nitrogens with two attached hydrogens (primary N) is 1. The Kier molecular flexibility index (Phi) is 3.05. The highest BCUT2D eigenvalue weighted by Crippen LogP contribution is 2.33. The summed E-state index contributed by atoms with van der Waals surface area (Å²) >= 11 is 0. The van der Waals surface area contributed by atoms with E-state index in [1.54, 1.807) is 0 Å². The molecule has 1 aromatic rings. The van der Waals surface area contributed by atoms with Gasteiger partial charge >= 0.3 is 0 Å². The number of hydrogen-bond donors (Lipinski definition) is 2. The lowest BCUT2D eigenvalue weighted by Crippen LogP contribution is -2.43. The van der Waals surface area contributed by atoms with Gasteiger partial charge in [0.05, 0.1) is 18.0 Å². The van der Waals surface area contributed by atoms with Crippen LogP contribution in [0.5, 0.6) is 0 Å². The topological polar surface area (TPSA) is 67.3 Å². The van der Waals surface area contributed by atoms with E-state index in [1.165, 1.54) is 19.3 Å². The average molecular weight is 224 g/mol. The van der Waals surface area contributed by atoms with E-state index in [1.807, 2.05) is 18.7 Å². The molecule has 0 bridgehead atoms. The number of aliphatic hydroxyl groups is 1. The summed E-state index contributed by atoms with van der Waals surface area (Å²) in [6.45, 7) is 2.70. The van der Waals surface area contributed by atoms with Gasteiger partial charge < -0.3 is 15.7 Å². The SMILES string of the molecule is Cc1nn(C)c(N(CCO)C2CCC2)c1N. The van der Waals surface area contributed by atoms with Crippen molar-refractivity contribution in [2.75, 3.05) is 23.8 Å². The van der Waals surface area contributed by atoms with E-state index in [4.69, 9.17) is 10.8 Å². The Bertz CT molecular complexity index is 370. The first-order valence-corrected chi connectivity index (χ1v) is 5.81. The number of nitrogens with zero attached hydrogens (tertiary/aromatic N) is 3. The minimum Gasteiger partial charge on any atom is -0.395 e. The minimum absolute atomic E-state index is 0.153. The first-order valence-electron chi connectivity index (χ1n) is 5.81. The maximum absolute atomic E-state index is 9.14. The molecular weight excluding hydrogens is 204 g/mol. The van der Waals surface area contributed by atoms with Crippen molar-refractivity contribution in [3.63, 3.8) is 0 Å². The molecule has 0 radical (unpaired) electrons. The van der Waals surface area contributed by atoms with Gasteiger partial charge in [-0.15, -0.1) is 0 Å². The second-order valence-electron chi connectivity index (χ2n) is 4.45. The lowest BCUT2D eigenvalue weighted by molar-refractivity contribution is 0.282. The molecule has 16 heavy (non-hydrogen) atoms. The van der Waals surface area contributed by atoms with Crippen molar-refractivity contribution < 1.29 is 5.11 Å². The number of rotatable bonds is 4. The van der Waals surface area contributed by atoms with Crippen molar-refractivity contribution in [3.05, 3.63) is 5.69 Å². The first kappa shape index (κ1) is 11.3. The molecule has 1 aliphatic carbocycles. The van der Waals surface area contributed by atoms with Gasteiger partial charge in [0.15, 0.2) is 5.82 Å². The summed E-state index contributed by atoms with van der Waals surface area (Å²) in [6.07, 6.45) is 3.64. The molecule has 0 amide bonds. The van der Waals surface area contributed by atoms with Crippen LogP contribution < -0.4 is 10.6 Å². The van der Waals surface area contributed by atoms with Crippen molar-refractivity contribution >= 4 is 11.5 Å². The van der Waals surface area contributed by atoms with Crippen LogP contribution in [0.15, 0.2) is 0 Å². The summed E-state index contributed by atoms with van der Waals surface area (Å²) in [5.41, 5.74) is 7.64. The fourth-order valence-electron chi connectivity index (χ4n) is 2.27. The zero-order valence-electron chi connectivity index (χ0n) is 9.98. The third-order valence-electron chi connectivity index (χ3n) is 3.37. The van der Waals surface area contributed by atoms with Crippen LogP contribution in [-0.4, -0.2) is 34.1 Å². The molecule has 0 aliphatic heterocycles. The monoisotopic (exact) mass is 224 g/mol. The highest BCUT2D eigenvalue weighted by atomic mass is 16.3. The van der Waals surface area contributed by atoms with Crippen LogP contribution in [0.4, 0.5) is 11.5 Å². The number of hydrogen-bond acceptors (Lipinski definition) is 4. The van der Waals surface area contributed by atoms with Gasteiger partial charge in [-0.25, -0.2) is 0 Å². The van der Waals surface area contributed by atoms with E-state index in [9.17, 15) is 0 Å². The van der Waals surface area contributed by atoms with E-state index >= 15 is 0 Å². The molecule has 1 aromatic heterocycles. The summed E-state index contributed by atoms with van der Waals surface area (Å²) in [7, 11) is 1.90. The van der Waals surface area contributed by atoms with E-state index in [2.05, 4.69) is 10.00 Å². The third-order valence-corrected chi connectivity index (χ3v) is 3.37. The Morgan fingerprint density at radius 1 is 1.56 bits per heavy atom. The Morgan fingerprint density at radius 2 is 2.25 bits per heavy atom. The van der Waals surface area contributed by atoms with Crippen molar-refractivity contribution in [3.8, 4) is 0 Å². The quantitative estimate of drug-likeness (QED) is 0.788. The molecule has 1 aliphatic rings. The number of aliphatic hydroxyl groups excluding tert-OH is 1. The summed E-state index contributed by atoms with van der Waals surface area (Å²) in [6, 6.07) is 0.518. The predicted octanol–water partition coefficient (Wildman–Crippen LogP) is 0.662. The van der Waals surface area contributed by atoms with Gasteiger partial charge in [-0.1, -0.05) is 0 Å². The van der Waals surface area contributed by atoms with E-state index in [-0.39, 0.29) is 6.61 Å². The van der Waals surface area contributed by atoms with Crippen LogP contribution in [0.25, 0.3) is 0 Å². The molecule has 1 heterocycles. The fraction of sp³-hybridized carbons (Fsp3) is 0.727. The summed E-state index contributed by atoms with van der Waals surface area (Å²) in [5, 5.41) is 13.5. The highest BCUT2D eigenvalue weighted by molar-refractivity contribution is 5.66. The third kappa shape index (κ3) is 1.75. The van der Waals surface area contributed by atoms with Gasteiger partial charge in [0, 0.05) is 19.6 Å². The molecule has 0 aromatic carbocycles. The maximum Gasteiger partial charge on any atom is 0.150 e. The molecule has 0 unspecified atom stereocenters. The first-order chi connectivity index (χ1) is 7.65. The molecule has 0 spiro atoms. The standard InChI is InChI=1S/C11H20N4O/c1-8-10(12)11(14(2)13-8)15(6-7-16)9-4-3-5-9/h9,16H,3-7,12H2,1-2H3. The van der Waals surface area contributed by atoms with Crippen molar-refractivity contribution in [1.29, 1.82) is 0 Å². The molecule has 90 valence electrons. The number of nitrogen functional groups attached to an aromatic ring is 1. The van der Waals surface area contributed by atoms with Gasteiger partial charge in [0.2, 0.25) is 0 Å². The van der Waals surface area contributed by atoms with Crippen LogP contribution in [0, 0.1) is 6.92 Å². The molecule has 0 atom stereocenters. The second-order valence-corrected chi connectivity index (χ2v) is 4.45. The number of aryl methyl sites for hydroxylation is 2. The Hall–Kier alpha value is -1.23. The normalized spacial score (nSPS) is 16.2. The van der Waals surface area contributed by atoms with E-state index < -0.39 is 0 Å². The lowest BCUT2D eigenvalue weighted by atomic mass is 9.91. The van der Waals surface area contributed by atoms with E-state index in [0.717, 1.165) is 17.2 Å². The zero-order valence-corrected chi connectivity index (χ0v) is 9.98. The summed E-state index contributed by atoms with van der Waals surface area (Å²) in [5.74, 6) is 0.955. The van der Waals surface area contributed by atoms with Crippen LogP contribution in [-0.2, 0) is 7.05 Å². The maximum atomic E-state index is 9.14. The Balaban J connectivity index is 2.29. The molecule has 5 nitrogen and oxygen atoms in total. The fourth-order valence-corrected chi connectivity index (χ4v) is 2.27. The smallest absolute Gasteiger partial charge is 0.150 e. The molecule has 3 N–H and O–H groups in total. The van der Waals surface area contributed by atoms with Gasteiger partial charge in [0.1, 0.15) is 0 Å². The van der Waals surface area contributed by atoms with Crippen LogP contribution >= 0.6 is 0 Å². The highest BCUT2D eigenvalue weighted by Gasteiger charge is 2.28. The van der Waals surface area contributed by atoms with Crippen molar-refractivity contribution in [2.24, 2.45) is 7.05 Å². The number of aromatic nitrogens is 2. The largest absolute Gasteiger partial charge is 0.395 e. The Morgan fingerprint density at radius 3 is 2.62 bits per heavy atom. The summed E-state index contributed by atoms with van der Waals surface area (Å²) in [4.78, 5) is 2.19. The molecule has 1 fully saturated rings. The van der Waals surface area contributed by atoms with Gasteiger partial charge in [-0.05, 0) is 26.2 Å². The second kappa shape index (κ2) is 4.33. The van der Waals surface area contributed by atoms with Gasteiger partial charge in [-0.2, -0.15) is 5.10 Å². The number of anilines is 2. The van der Waals surface area contributed by atoms with Crippen molar-refractivity contribution in [1.82, 2.24) is 9.78 Å². The lowest BCUT2D eigenvalue weighted by Gasteiger charge is -2.38. The molecule has 1 saturated carbocycles. The summed E-state index contributed by atoms with van der Waals surface area (Å²) < 4.78 is 1.82. The molecule has 2 rings (SSSR count). The van der Waals surface area contributed by atoms with Crippen molar-refractivity contribution in [2.45, 2.75) is 32.2 Å². The molecule has 5 heteroatoms. The Labute approximate surface area is 95.8 Å². The van der Waals surface area contributed by atoms with Gasteiger partial charge in [-0.3, -0.25) is 4.68 Å².